The smallest absolute Gasteiger partial charge is 0.357 e. The van der Waals surface area contributed by atoms with E-state index in [1.54, 1.807) is 6.20 Å². The lowest BCUT2D eigenvalue weighted by Gasteiger charge is -1.78. The number of H-pyrrole nitrogens is 4. The van der Waals surface area contributed by atoms with Gasteiger partial charge in [-0.25, -0.2) is 14.7 Å². The minimum atomic E-state index is -0.398. The lowest BCUT2D eigenvalue weighted by molar-refractivity contribution is -0.118. The van der Waals surface area contributed by atoms with Gasteiger partial charge in [-0.1, -0.05) is 17.0 Å². The molecule has 6 heterocycles. The van der Waals surface area contributed by atoms with Crippen LogP contribution in [-0.2, 0) is 9.59 Å². The Labute approximate surface area is 211 Å². The highest BCUT2D eigenvalue weighted by atomic mass is 32.2. The van der Waals surface area contributed by atoms with Crippen LogP contribution in [0.4, 0.5) is 9.59 Å². The number of amides is 5. The fraction of sp³-hybridized carbons (Fsp3) is 0.125. The molecular formula is C16H18N10O9S2. The standard InChI is InChI=1S/C3H4N2O2.C3H3NO2S.2C3H3NO2.C3H3NOS.CH2N4/c6-2-1-4-3(7)5-2;5-2-1-7-3(6)4-2;5-3-1-2-6-4-3;2*5-3-1-2-4-6-3;1-2-4-5-3-1/h1H2,(H2,4,5,6,7);1H2,(H,4,5,6);1-2H,(H,4,5);2*1-2,4H;1H,(H,2,3,4,5). The number of aromatic nitrogens is 7. The van der Waals surface area contributed by atoms with Crippen molar-refractivity contribution in [2.24, 2.45) is 0 Å². The fourth-order valence-corrected chi connectivity index (χ4v) is 2.41. The minimum Gasteiger partial charge on any atom is -0.387 e. The number of nitrogens with one attached hydrogen (secondary N) is 7. The summed E-state index contributed by atoms with van der Waals surface area (Å²) in [6, 6.07) is 3.70. The Kier molecular flexibility index (Phi) is 14.8. The second-order valence-electron chi connectivity index (χ2n) is 5.55. The number of aromatic amines is 4. The number of hydrogen-bond acceptors (Lipinski definition) is 14. The predicted molar refractivity (Wildman–Crippen MR) is 125 cm³/mol. The molecule has 0 atom stereocenters. The second-order valence-corrected chi connectivity index (χ2v) is 7.34. The van der Waals surface area contributed by atoms with E-state index < -0.39 is 6.03 Å². The van der Waals surface area contributed by atoms with Gasteiger partial charge in [0.1, 0.15) is 6.26 Å². The normalized spacial score (nSPS) is 12.6. The molecule has 19 nitrogen and oxygen atoms in total. The van der Waals surface area contributed by atoms with E-state index in [9.17, 15) is 33.6 Å². The zero-order chi connectivity index (χ0) is 27.3. The van der Waals surface area contributed by atoms with Crippen LogP contribution >= 0.6 is 23.3 Å². The molecular weight excluding hydrogens is 540 g/mol. The number of hydrogen-bond donors (Lipinski definition) is 7. The molecule has 0 aromatic carbocycles. The molecule has 0 spiro atoms. The van der Waals surface area contributed by atoms with Crippen molar-refractivity contribution >= 4 is 46.4 Å². The highest BCUT2D eigenvalue weighted by Crippen LogP contribution is 2.06. The molecule has 2 saturated heterocycles. The average molecular weight is 559 g/mol. The first-order valence-corrected chi connectivity index (χ1v) is 11.1. The molecule has 0 bridgehead atoms. The maximum Gasteiger partial charge on any atom is 0.357 e. The number of rotatable bonds is 0. The predicted octanol–water partition coefficient (Wildman–Crippen LogP) is -1.63. The van der Waals surface area contributed by atoms with E-state index in [2.05, 4.69) is 55.0 Å². The summed E-state index contributed by atoms with van der Waals surface area (Å²) < 4.78 is 11.2. The maximum absolute atomic E-state index is 10.1. The van der Waals surface area contributed by atoms with Crippen molar-refractivity contribution in [3.05, 3.63) is 73.5 Å². The largest absolute Gasteiger partial charge is 0.387 e. The Balaban J connectivity index is 0.000000223. The van der Waals surface area contributed by atoms with Crippen LogP contribution in [0.2, 0.25) is 0 Å². The number of carbonyl (C=O) groups excluding carboxylic acids is 4. The summed E-state index contributed by atoms with van der Waals surface area (Å²) in [4.78, 5) is 70.1. The molecule has 0 aliphatic carbocycles. The molecule has 6 rings (SSSR count). The van der Waals surface area contributed by atoms with E-state index in [4.69, 9.17) is 0 Å². The van der Waals surface area contributed by atoms with Crippen LogP contribution in [0.5, 0.6) is 0 Å². The van der Waals surface area contributed by atoms with E-state index >= 15 is 0 Å². The van der Waals surface area contributed by atoms with Crippen LogP contribution in [0.25, 0.3) is 0 Å². The number of nitrogens with zero attached hydrogens (tertiary/aromatic N) is 3. The van der Waals surface area contributed by atoms with Crippen LogP contribution in [0.15, 0.2) is 66.6 Å². The molecule has 0 radical (unpaired) electrons. The molecule has 2 fully saturated rings. The summed E-state index contributed by atoms with van der Waals surface area (Å²) in [5.41, 5.74) is -0.537. The van der Waals surface area contributed by atoms with Gasteiger partial charge in [0.25, 0.3) is 10.8 Å². The van der Waals surface area contributed by atoms with Gasteiger partial charge in [-0.2, -0.15) is 10.4 Å². The van der Waals surface area contributed by atoms with Gasteiger partial charge in [-0.15, -0.1) is 10.2 Å². The monoisotopic (exact) mass is 558 g/mol. The van der Waals surface area contributed by atoms with Gasteiger partial charge in [0.05, 0.1) is 12.3 Å². The van der Waals surface area contributed by atoms with Crippen LogP contribution < -0.4 is 31.9 Å². The van der Waals surface area contributed by atoms with Crippen molar-refractivity contribution in [3.8, 4) is 0 Å². The van der Waals surface area contributed by atoms with Gasteiger partial charge in [-0.05, 0) is 11.5 Å². The average Bonchev–Trinajstić information content (AvgIpc) is 3.68. The third-order valence-electron chi connectivity index (χ3n) is 2.85. The van der Waals surface area contributed by atoms with Crippen molar-refractivity contribution in [2.45, 2.75) is 0 Å². The zero-order valence-corrected chi connectivity index (χ0v) is 19.9. The second kappa shape index (κ2) is 18.3. The topological polar surface area (TPSA) is 284 Å². The molecule has 198 valence electrons. The lowest BCUT2D eigenvalue weighted by Crippen LogP contribution is -2.22. The number of imide groups is 2. The van der Waals surface area contributed by atoms with Crippen molar-refractivity contribution in [1.29, 1.82) is 0 Å². The SMILES string of the molecule is O=C1CNC(=O)N1.O=C1CSC(=O)N1.O=c1cc[nH]o1.O=c1cc[nH]s1.O=c1cco[nH]1.c1nn[nH]n1. The third-order valence-corrected chi connectivity index (χ3v) is 4.21. The van der Waals surface area contributed by atoms with Crippen molar-refractivity contribution in [1.82, 2.24) is 51.3 Å². The summed E-state index contributed by atoms with van der Waals surface area (Å²) in [6.07, 6.45) is 5.68. The summed E-state index contributed by atoms with van der Waals surface area (Å²) in [5.74, 6) is -0.154. The third kappa shape index (κ3) is 17.1. The van der Waals surface area contributed by atoms with Crippen molar-refractivity contribution in [3.63, 3.8) is 0 Å². The number of tetrazole rings is 1. The molecule has 5 amide bonds. The van der Waals surface area contributed by atoms with Gasteiger partial charge in [0, 0.05) is 30.6 Å². The fourth-order valence-electron chi connectivity index (χ4n) is 1.50. The molecule has 21 heteroatoms. The van der Waals surface area contributed by atoms with Crippen LogP contribution in [0, 0.1) is 0 Å². The highest BCUT2D eigenvalue weighted by molar-refractivity contribution is 8.14. The zero-order valence-electron chi connectivity index (χ0n) is 18.3. The molecule has 37 heavy (non-hydrogen) atoms. The van der Waals surface area contributed by atoms with Gasteiger partial charge in [-0.3, -0.25) is 34.6 Å². The Bertz CT molecular complexity index is 1130. The number of carbonyl (C=O) groups is 4. The quantitative estimate of drug-likeness (QED) is 0.119. The van der Waals surface area contributed by atoms with Crippen LogP contribution in [-0.4, -0.2) is 70.7 Å². The van der Waals surface area contributed by atoms with Crippen LogP contribution in [0.1, 0.15) is 0 Å². The van der Waals surface area contributed by atoms with Gasteiger partial charge in [0.15, 0.2) is 6.33 Å². The lowest BCUT2D eigenvalue weighted by atomic mass is 10.7. The Morgan fingerprint density at radius 1 is 0.919 bits per heavy atom. The Morgan fingerprint density at radius 2 is 1.73 bits per heavy atom. The molecule has 2 aliphatic heterocycles. The van der Waals surface area contributed by atoms with E-state index in [1.807, 2.05) is 5.32 Å². The van der Waals surface area contributed by atoms with Gasteiger partial charge < -0.3 is 18.7 Å². The maximum atomic E-state index is 10.1. The molecule has 0 saturated carbocycles. The minimum absolute atomic E-state index is 0.0787. The molecule has 0 unspecified atom stereocenters. The molecule has 7 N–H and O–H groups in total. The van der Waals surface area contributed by atoms with Gasteiger partial charge in [0.2, 0.25) is 16.6 Å². The Hall–Kier alpha value is -5.05. The molecule has 4 aromatic rings. The van der Waals surface area contributed by atoms with Crippen LogP contribution in [0.3, 0.4) is 0 Å². The first-order chi connectivity index (χ1) is 17.8. The van der Waals surface area contributed by atoms with Gasteiger partial charge >= 0.3 is 11.7 Å². The highest BCUT2D eigenvalue weighted by Gasteiger charge is 2.16. The number of thioether (sulfide) groups is 1. The van der Waals surface area contributed by atoms with Crippen molar-refractivity contribution < 1.29 is 28.2 Å². The first kappa shape index (κ1) is 30.0. The summed E-state index contributed by atoms with van der Waals surface area (Å²) in [5, 5.41) is 22.6. The van der Waals surface area contributed by atoms with E-state index in [1.165, 1.54) is 37.0 Å². The van der Waals surface area contributed by atoms with E-state index in [0.29, 0.717) is 5.75 Å². The summed E-state index contributed by atoms with van der Waals surface area (Å²) in [7, 11) is 0. The first-order valence-electron chi connectivity index (χ1n) is 9.35. The molecule has 4 aromatic heterocycles. The number of urea groups is 1. The van der Waals surface area contributed by atoms with Crippen molar-refractivity contribution in [2.75, 3.05) is 12.3 Å². The van der Waals surface area contributed by atoms with E-state index in [-0.39, 0.29) is 39.5 Å². The van der Waals surface area contributed by atoms with E-state index in [0.717, 1.165) is 23.3 Å². The Morgan fingerprint density at radius 3 is 1.89 bits per heavy atom. The summed E-state index contributed by atoms with van der Waals surface area (Å²) in [6.45, 7) is 0.124. The molecule has 2 aliphatic rings. The summed E-state index contributed by atoms with van der Waals surface area (Å²) >= 11 is 2.10.